The second-order valence-electron chi connectivity index (χ2n) is 4.65. The van der Waals surface area contributed by atoms with E-state index in [-0.39, 0.29) is 17.5 Å². The third kappa shape index (κ3) is 4.10. The quantitative estimate of drug-likeness (QED) is 0.862. The van der Waals surface area contributed by atoms with Crippen molar-refractivity contribution in [2.24, 2.45) is 0 Å². The van der Waals surface area contributed by atoms with Crippen LogP contribution in [0.1, 0.15) is 36.6 Å². The molecule has 1 aromatic carbocycles. The molecule has 0 aliphatic heterocycles. The first-order valence-corrected chi connectivity index (χ1v) is 8.22. The number of rotatable bonds is 6. The van der Waals surface area contributed by atoms with E-state index in [4.69, 9.17) is 0 Å². The Balaban J connectivity index is 3.00. The van der Waals surface area contributed by atoms with E-state index < -0.39 is 9.84 Å². The third-order valence-electron chi connectivity index (χ3n) is 3.24. The highest BCUT2D eigenvalue weighted by atomic mass is 32.2. The van der Waals surface area contributed by atoms with Crippen LogP contribution in [0.4, 0.5) is 0 Å². The molecule has 0 fully saturated rings. The Morgan fingerprint density at radius 1 is 1.17 bits per heavy atom. The molecule has 0 bridgehead atoms. The van der Waals surface area contributed by atoms with Gasteiger partial charge in [-0.2, -0.15) is 0 Å². The standard InChI is InChI=1S/C14H23NO2S/c1-5-15-14(10-18(16,17)6-2)13-8-7-11(3)12(4)9-13/h7-9,14-15H,5-6,10H2,1-4H3. The van der Waals surface area contributed by atoms with Gasteiger partial charge in [-0.15, -0.1) is 0 Å². The SMILES string of the molecule is CCNC(CS(=O)(=O)CC)c1ccc(C)c(C)c1. The van der Waals surface area contributed by atoms with Gasteiger partial charge in [0.15, 0.2) is 9.84 Å². The molecule has 0 saturated carbocycles. The lowest BCUT2D eigenvalue weighted by atomic mass is 10.0. The maximum absolute atomic E-state index is 11.8. The van der Waals surface area contributed by atoms with E-state index in [1.54, 1.807) is 6.92 Å². The molecule has 18 heavy (non-hydrogen) atoms. The maximum atomic E-state index is 11.8. The second-order valence-corrected chi connectivity index (χ2v) is 7.05. The summed E-state index contributed by atoms with van der Waals surface area (Å²) in [5.74, 6) is 0.361. The minimum atomic E-state index is -2.97. The monoisotopic (exact) mass is 269 g/mol. The van der Waals surface area contributed by atoms with Gasteiger partial charge >= 0.3 is 0 Å². The zero-order valence-corrected chi connectivity index (χ0v) is 12.5. The van der Waals surface area contributed by atoms with Crippen LogP contribution in [0.5, 0.6) is 0 Å². The molecule has 0 heterocycles. The fraction of sp³-hybridized carbons (Fsp3) is 0.571. The summed E-state index contributed by atoms with van der Waals surface area (Å²) in [6, 6.07) is 6.03. The molecular weight excluding hydrogens is 246 g/mol. The summed E-state index contributed by atoms with van der Waals surface area (Å²) in [6.07, 6.45) is 0. The van der Waals surface area contributed by atoms with Gasteiger partial charge in [0.25, 0.3) is 0 Å². The minimum Gasteiger partial charge on any atom is -0.309 e. The molecule has 0 aliphatic carbocycles. The number of benzene rings is 1. The Labute approximate surface area is 111 Å². The van der Waals surface area contributed by atoms with Crippen molar-refractivity contribution < 1.29 is 8.42 Å². The van der Waals surface area contributed by atoms with Gasteiger partial charge in [-0.1, -0.05) is 32.0 Å². The molecule has 0 aromatic heterocycles. The van der Waals surface area contributed by atoms with Gasteiger partial charge in [0.1, 0.15) is 0 Å². The normalized spacial score (nSPS) is 13.6. The van der Waals surface area contributed by atoms with Crippen molar-refractivity contribution in [1.29, 1.82) is 0 Å². The first-order chi connectivity index (χ1) is 8.39. The summed E-state index contributed by atoms with van der Waals surface area (Å²) >= 11 is 0. The molecule has 1 N–H and O–H groups in total. The van der Waals surface area contributed by atoms with Crippen LogP contribution in [0.15, 0.2) is 18.2 Å². The summed E-state index contributed by atoms with van der Waals surface area (Å²) in [5, 5.41) is 3.26. The highest BCUT2D eigenvalue weighted by Gasteiger charge is 2.18. The van der Waals surface area contributed by atoms with Crippen LogP contribution < -0.4 is 5.32 Å². The molecule has 0 spiro atoms. The molecule has 3 nitrogen and oxygen atoms in total. The predicted molar refractivity (Wildman–Crippen MR) is 76.7 cm³/mol. The molecule has 0 amide bonds. The highest BCUT2D eigenvalue weighted by molar-refractivity contribution is 7.91. The van der Waals surface area contributed by atoms with E-state index in [0.29, 0.717) is 0 Å². The topological polar surface area (TPSA) is 46.2 Å². The first kappa shape index (κ1) is 15.2. The summed E-state index contributed by atoms with van der Waals surface area (Å²) in [4.78, 5) is 0. The fourth-order valence-electron chi connectivity index (χ4n) is 1.87. The largest absolute Gasteiger partial charge is 0.309 e. The van der Waals surface area contributed by atoms with Gasteiger partial charge in [0, 0.05) is 11.8 Å². The molecule has 1 aromatic rings. The zero-order valence-electron chi connectivity index (χ0n) is 11.7. The minimum absolute atomic E-state index is 0.112. The van der Waals surface area contributed by atoms with Crippen molar-refractivity contribution in [3.05, 3.63) is 34.9 Å². The predicted octanol–water partition coefficient (Wildman–Crippen LogP) is 2.39. The van der Waals surface area contributed by atoms with Crippen LogP contribution in [-0.4, -0.2) is 26.5 Å². The number of hydrogen-bond acceptors (Lipinski definition) is 3. The number of nitrogens with one attached hydrogen (secondary N) is 1. The highest BCUT2D eigenvalue weighted by Crippen LogP contribution is 2.19. The molecule has 102 valence electrons. The molecule has 0 aliphatic rings. The van der Waals surface area contributed by atoms with Crippen LogP contribution in [0, 0.1) is 13.8 Å². The summed E-state index contributed by atoms with van der Waals surface area (Å²) in [5.41, 5.74) is 3.48. The van der Waals surface area contributed by atoms with Crippen LogP contribution in [0.25, 0.3) is 0 Å². The number of hydrogen-bond donors (Lipinski definition) is 1. The number of aryl methyl sites for hydroxylation is 2. The van der Waals surface area contributed by atoms with Gasteiger partial charge < -0.3 is 5.32 Å². The van der Waals surface area contributed by atoms with Crippen molar-refractivity contribution in [3.63, 3.8) is 0 Å². The molecule has 4 heteroatoms. The van der Waals surface area contributed by atoms with E-state index in [9.17, 15) is 8.42 Å². The molecule has 0 radical (unpaired) electrons. The van der Waals surface area contributed by atoms with Gasteiger partial charge in [-0.25, -0.2) is 8.42 Å². The second kappa shape index (κ2) is 6.34. The van der Waals surface area contributed by atoms with E-state index in [0.717, 1.165) is 12.1 Å². The lowest BCUT2D eigenvalue weighted by Crippen LogP contribution is -2.28. The summed E-state index contributed by atoms with van der Waals surface area (Å²) in [6.45, 7) is 8.56. The van der Waals surface area contributed by atoms with Crippen molar-refractivity contribution in [3.8, 4) is 0 Å². The average Bonchev–Trinajstić information content (AvgIpc) is 2.32. The van der Waals surface area contributed by atoms with E-state index in [1.165, 1.54) is 11.1 Å². The van der Waals surface area contributed by atoms with Crippen LogP contribution in [-0.2, 0) is 9.84 Å². The Bertz CT molecular complexity index is 495. The van der Waals surface area contributed by atoms with Crippen molar-refractivity contribution in [1.82, 2.24) is 5.32 Å². The smallest absolute Gasteiger partial charge is 0.151 e. The fourth-order valence-corrected chi connectivity index (χ4v) is 2.93. The van der Waals surface area contributed by atoms with Gasteiger partial charge in [0.2, 0.25) is 0 Å². The van der Waals surface area contributed by atoms with Crippen LogP contribution in [0.3, 0.4) is 0 Å². The maximum Gasteiger partial charge on any atom is 0.151 e. The molecule has 1 unspecified atom stereocenters. The van der Waals surface area contributed by atoms with Crippen molar-refractivity contribution >= 4 is 9.84 Å². The molecule has 1 rings (SSSR count). The van der Waals surface area contributed by atoms with Gasteiger partial charge in [0.05, 0.1) is 5.75 Å². The Morgan fingerprint density at radius 2 is 1.83 bits per heavy atom. The first-order valence-electron chi connectivity index (χ1n) is 6.40. The average molecular weight is 269 g/mol. The lowest BCUT2D eigenvalue weighted by molar-refractivity contribution is 0.560. The van der Waals surface area contributed by atoms with E-state index >= 15 is 0 Å². The molecular formula is C14H23NO2S. The third-order valence-corrected chi connectivity index (χ3v) is 4.97. The van der Waals surface area contributed by atoms with E-state index in [1.807, 2.05) is 19.1 Å². The summed E-state index contributed by atoms with van der Waals surface area (Å²) < 4.78 is 23.5. The molecule has 0 saturated heterocycles. The van der Waals surface area contributed by atoms with E-state index in [2.05, 4.69) is 25.2 Å². The molecule has 1 atom stereocenters. The Kier molecular flexibility index (Phi) is 5.35. The summed E-state index contributed by atoms with van der Waals surface area (Å²) in [7, 11) is -2.97. The zero-order chi connectivity index (χ0) is 13.8. The van der Waals surface area contributed by atoms with Gasteiger partial charge in [-0.05, 0) is 37.1 Å². The van der Waals surface area contributed by atoms with Crippen LogP contribution >= 0.6 is 0 Å². The Morgan fingerprint density at radius 3 is 2.33 bits per heavy atom. The van der Waals surface area contributed by atoms with Crippen molar-refractivity contribution in [2.75, 3.05) is 18.1 Å². The number of sulfone groups is 1. The van der Waals surface area contributed by atoms with Gasteiger partial charge in [-0.3, -0.25) is 0 Å². The van der Waals surface area contributed by atoms with Crippen LogP contribution in [0.2, 0.25) is 0 Å². The Hall–Kier alpha value is -0.870. The van der Waals surface area contributed by atoms with Crippen molar-refractivity contribution in [2.45, 2.75) is 33.7 Å². The lowest BCUT2D eigenvalue weighted by Gasteiger charge is -2.19.